The molecule has 0 radical (unpaired) electrons. The van der Waals surface area contributed by atoms with Gasteiger partial charge in [0, 0.05) is 34.3 Å². The van der Waals surface area contributed by atoms with Crippen molar-refractivity contribution >= 4 is 0 Å². The van der Waals surface area contributed by atoms with E-state index in [0.717, 1.165) is 42.6 Å². The predicted molar refractivity (Wildman–Crippen MR) is 115 cm³/mol. The van der Waals surface area contributed by atoms with E-state index in [1.54, 1.807) is 24.4 Å². The molecule has 1 N–H and O–H groups in total. The van der Waals surface area contributed by atoms with Gasteiger partial charge in [-0.15, -0.1) is 0 Å². The third kappa shape index (κ3) is 2.10. The number of aromatic hydroxyl groups is 1. The summed E-state index contributed by atoms with van der Waals surface area (Å²) in [6.07, 6.45) is 4.44. The molecule has 2 bridgehead atoms. The predicted octanol–water partition coefficient (Wildman–Crippen LogP) is 4.40. The quantitative estimate of drug-likeness (QED) is 0.641. The molecule has 0 amide bonds. The topological polar surface area (TPSA) is 45.6 Å². The molecule has 1 saturated heterocycles. The number of phenolic OH excluding ortho intramolecular Hbond substituents is 1. The average Bonchev–Trinajstić information content (AvgIpc) is 3.13. The maximum Gasteiger partial charge on any atom is 0.166 e. The second-order valence-corrected chi connectivity index (χ2v) is 9.55. The van der Waals surface area contributed by atoms with Gasteiger partial charge in [0.1, 0.15) is 5.82 Å². The van der Waals surface area contributed by atoms with Crippen LogP contribution in [0.15, 0.2) is 48.7 Å². The van der Waals surface area contributed by atoms with Gasteiger partial charge in [0.15, 0.2) is 17.6 Å². The van der Waals surface area contributed by atoms with E-state index in [4.69, 9.17) is 9.72 Å². The normalized spacial score (nSPS) is 29.8. The standard InChI is InChI=1S/C26H23FN2O2/c1-29-9-8-26-18-11-15-10-16(17-4-2-3-5-19(17)27)13-28-23(15)25(26)31-24-21(30)7-6-14(22(24)26)12-20(18)29/h2-7,10,13,18,20,25,30H,8-9,11-12H2,1H3/t18-,20-,25-,26-/m0/s1. The Morgan fingerprint density at radius 2 is 2.03 bits per heavy atom. The Kier molecular flexibility index (Phi) is 3.35. The van der Waals surface area contributed by atoms with Crippen LogP contribution < -0.4 is 4.74 Å². The second-order valence-electron chi connectivity index (χ2n) is 9.55. The van der Waals surface area contributed by atoms with Crippen LogP contribution in [0.4, 0.5) is 4.39 Å². The number of piperidine rings is 1. The lowest BCUT2D eigenvalue weighted by molar-refractivity contribution is -0.0260. The molecule has 1 aromatic heterocycles. The SMILES string of the molecule is CN1CC[C@]23c4c5ccc(O)c4O[C@H]2c2ncc(-c4ccccc4F)cc2C[C@H]3[C@@H]1C5. The fraction of sp³-hybridized carbons (Fsp3) is 0.346. The lowest BCUT2D eigenvalue weighted by Gasteiger charge is -2.57. The van der Waals surface area contributed by atoms with Crippen LogP contribution in [0.5, 0.6) is 11.5 Å². The van der Waals surface area contributed by atoms with Crippen LogP contribution in [0.25, 0.3) is 11.1 Å². The summed E-state index contributed by atoms with van der Waals surface area (Å²) in [5, 5.41) is 10.6. The summed E-state index contributed by atoms with van der Waals surface area (Å²) in [5.41, 5.74) is 5.85. The largest absolute Gasteiger partial charge is 0.504 e. The van der Waals surface area contributed by atoms with Gasteiger partial charge in [-0.25, -0.2) is 4.39 Å². The monoisotopic (exact) mass is 414 g/mol. The van der Waals surface area contributed by atoms with Gasteiger partial charge in [-0.05, 0) is 68.1 Å². The van der Waals surface area contributed by atoms with Gasteiger partial charge < -0.3 is 14.7 Å². The molecule has 2 aliphatic carbocycles. The molecule has 4 aliphatic rings. The fourth-order valence-corrected chi connectivity index (χ4v) is 6.91. The van der Waals surface area contributed by atoms with Gasteiger partial charge in [0.05, 0.1) is 5.69 Å². The number of nitrogens with zero attached hydrogens (tertiary/aromatic N) is 2. The Morgan fingerprint density at radius 3 is 2.90 bits per heavy atom. The number of ether oxygens (including phenoxy) is 1. The number of hydrogen-bond acceptors (Lipinski definition) is 4. The molecule has 2 aliphatic heterocycles. The van der Waals surface area contributed by atoms with Crippen molar-refractivity contribution in [1.82, 2.24) is 9.88 Å². The van der Waals surface area contributed by atoms with Crippen LogP contribution in [0, 0.1) is 11.7 Å². The minimum Gasteiger partial charge on any atom is -0.504 e. The van der Waals surface area contributed by atoms with Gasteiger partial charge in [0.2, 0.25) is 0 Å². The highest BCUT2D eigenvalue weighted by Crippen LogP contribution is 2.66. The zero-order chi connectivity index (χ0) is 20.9. The van der Waals surface area contributed by atoms with E-state index in [1.807, 2.05) is 6.07 Å². The van der Waals surface area contributed by atoms with Gasteiger partial charge in [-0.3, -0.25) is 4.98 Å². The van der Waals surface area contributed by atoms with E-state index in [-0.39, 0.29) is 23.1 Å². The minimum absolute atomic E-state index is 0.141. The summed E-state index contributed by atoms with van der Waals surface area (Å²) >= 11 is 0. The lowest BCUT2D eigenvalue weighted by Crippen LogP contribution is -2.62. The van der Waals surface area contributed by atoms with Crippen molar-refractivity contribution in [3.8, 4) is 22.6 Å². The molecule has 3 heterocycles. The van der Waals surface area contributed by atoms with Gasteiger partial charge in [-0.1, -0.05) is 24.3 Å². The Morgan fingerprint density at radius 1 is 1.16 bits per heavy atom. The summed E-state index contributed by atoms with van der Waals surface area (Å²) in [7, 11) is 2.22. The fourth-order valence-electron chi connectivity index (χ4n) is 6.91. The highest BCUT2D eigenvalue weighted by molar-refractivity contribution is 5.66. The van der Waals surface area contributed by atoms with E-state index in [2.05, 4.69) is 24.1 Å². The van der Waals surface area contributed by atoms with Crippen molar-refractivity contribution in [2.24, 2.45) is 5.92 Å². The third-order valence-corrected chi connectivity index (χ3v) is 8.27. The van der Waals surface area contributed by atoms with E-state index in [9.17, 15) is 9.50 Å². The average molecular weight is 414 g/mol. The number of phenols is 1. The van der Waals surface area contributed by atoms with Crippen LogP contribution in [0.2, 0.25) is 0 Å². The molecular formula is C26H23FN2O2. The van der Waals surface area contributed by atoms with Crippen molar-refractivity contribution in [2.75, 3.05) is 13.6 Å². The van der Waals surface area contributed by atoms with Crippen molar-refractivity contribution in [3.05, 3.63) is 76.9 Å². The molecule has 4 nitrogen and oxygen atoms in total. The maximum atomic E-state index is 14.4. The first-order chi connectivity index (χ1) is 15.1. The Hall–Kier alpha value is -2.92. The number of benzene rings is 2. The van der Waals surface area contributed by atoms with Crippen LogP contribution in [0.3, 0.4) is 0 Å². The smallest absolute Gasteiger partial charge is 0.166 e. The molecule has 4 atom stereocenters. The molecule has 7 rings (SSSR count). The number of fused-ring (bicyclic) bond motifs is 2. The molecular weight excluding hydrogens is 391 g/mol. The van der Waals surface area contributed by atoms with E-state index in [1.165, 1.54) is 17.2 Å². The summed E-state index contributed by atoms with van der Waals surface area (Å²) in [6.45, 7) is 1.01. The molecule has 0 saturated carbocycles. The number of rotatable bonds is 1. The molecule has 0 unspecified atom stereocenters. The first kappa shape index (κ1) is 17.7. The third-order valence-electron chi connectivity index (χ3n) is 8.27. The van der Waals surface area contributed by atoms with Crippen LogP contribution in [-0.4, -0.2) is 34.6 Å². The first-order valence-corrected chi connectivity index (χ1v) is 11.0. The number of likely N-dealkylation sites (tertiary alicyclic amines) is 1. The molecule has 1 fully saturated rings. The Labute approximate surface area is 180 Å². The molecule has 3 aromatic rings. The number of pyridine rings is 1. The summed E-state index contributed by atoms with van der Waals surface area (Å²) in [4.78, 5) is 7.34. The number of hydrogen-bond donors (Lipinski definition) is 1. The van der Waals surface area contributed by atoms with Gasteiger partial charge in [-0.2, -0.15) is 0 Å². The first-order valence-electron chi connectivity index (χ1n) is 11.0. The summed E-state index contributed by atoms with van der Waals surface area (Å²) in [6, 6.07) is 13.2. The van der Waals surface area contributed by atoms with Crippen LogP contribution >= 0.6 is 0 Å². The highest BCUT2D eigenvalue weighted by Gasteiger charge is 2.64. The zero-order valence-corrected chi connectivity index (χ0v) is 17.3. The molecule has 31 heavy (non-hydrogen) atoms. The number of aromatic nitrogens is 1. The Balaban J connectivity index is 1.45. The zero-order valence-electron chi connectivity index (χ0n) is 17.3. The molecule has 2 aromatic carbocycles. The highest BCUT2D eigenvalue weighted by atomic mass is 19.1. The van der Waals surface area contributed by atoms with Crippen LogP contribution in [-0.2, 0) is 18.3 Å². The van der Waals surface area contributed by atoms with Gasteiger partial charge in [0.25, 0.3) is 0 Å². The van der Waals surface area contributed by atoms with E-state index in [0.29, 0.717) is 23.3 Å². The van der Waals surface area contributed by atoms with E-state index < -0.39 is 0 Å². The van der Waals surface area contributed by atoms with Crippen molar-refractivity contribution in [2.45, 2.75) is 36.8 Å². The molecule has 5 heteroatoms. The van der Waals surface area contributed by atoms with Gasteiger partial charge >= 0.3 is 0 Å². The van der Waals surface area contributed by atoms with Crippen molar-refractivity contribution < 1.29 is 14.2 Å². The molecule has 156 valence electrons. The van der Waals surface area contributed by atoms with Crippen molar-refractivity contribution in [3.63, 3.8) is 0 Å². The number of likely N-dealkylation sites (N-methyl/N-ethyl adjacent to an activating group) is 1. The second kappa shape index (κ2) is 5.86. The van der Waals surface area contributed by atoms with Crippen LogP contribution in [0.1, 0.15) is 34.9 Å². The summed E-state index contributed by atoms with van der Waals surface area (Å²) < 4.78 is 21.0. The Bertz CT molecular complexity index is 1260. The summed E-state index contributed by atoms with van der Waals surface area (Å²) in [5.74, 6) is 1.04. The number of halogens is 1. The van der Waals surface area contributed by atoms with E-state index >= 15 is 0 Å². The molecule has 1 spiro atoms. The maximum absolute atomic E-state index is 14.4. The van der Waals surface area contributed by atoms with Crippen molar-refractivity contribution in [1.29, 1.82) is 0 Å². The minimum atomic E-state index is -0.232. The lowest BCUT2D eigenvalue weighted by atomic mass is 9.51.